The summed E-state index contributed by atoms with van der Waals surface area (Å²) < 4.78 is 0. The average Bonchev–Trinajstić information content (AvgIpc) is 2.42. The zero-order chi connectivity index (χ0) is 12.4. The Morgan fingerprint density at radius 3 is 3.06 bits per heavy atom. The number of nitrogens with one attached hydrogen (secondary N) is 1. The number of nitrogens with zero attached hydrogens (tertiary/aromatic N) is 1. The number of aromatic nitrogens is 1. The van der Waals surface area contributed by atoms with Gasteiger partial charge in [0.05, 0.1) is 11.2 Å². The van der Waals surface area contributed by atoms with Crippen molar-refractivity contribution in [3.63, 3.8) is 0 Å². The standard InChI is InChI=1S/C15H18N2S/c1-11-13(8-4-10-18-11)17-14-7-2-5-12-6-3-9-16-15(12)14/h2-3,5-7,9,11,13,17H,4,8,10H2,1H3. The van der Waals surface area contributed by atoms with Crippen LogP contribution in [0.1, 0.15) is 19.8 Å². The summed E-state index contributed by atoms with van der Waals surface area (Å²) in [4.78, 5) is 4.50. The van der Waals surface area contributed by atoms with E-state index in [1.165, 1.54) is 29.7 Å². The zero-order valence-corrected chi connectivity index (χ0v) is 11.4. The summed E-state index contributed by atoms with van der Waals surface area (Å²) in [5.74, 6) is 1.30. The first kappa shape index (κ1) is 11.8. The minimum atomic E-state index is 0.566. The molecule has 1 aromatic carbocycles. The summed E-state index contributed by atoms with van der Waals surface area (Å²) in [6, 6.07) is 11.0. The van der Waals surface area contributed by atoms with Crippen LogP contribution >= 0.6 is 11.8 Å². The number of fused-ring (bicyclic) bond motifs is 1. The fourth-order valence-corrected chi connectivity index (χ4v) is 3.67. The number of thioether (sulfide) groups is 1. The Labute approximate surface area is 112 Å². The second-order valence-corrected chi connectivity index (χ2v) is 6.33. The number of rotatable bonds is 2. The highest BCUT2D eigenvalue weighted by molar-refractivity contribution is 8.00. The summed E-state index contributed by atoms with van der Waals surface area (Å²) in [7, 11) is 0. The minimum absolute atomic E-state index is 0.566. The highest BCUT2D eigenvalue weighted by Crippen LogP contribution is 2.29. The molecule has 1 aromatic heterocycles. The third kappa shape index (κ3) is 2.32. The third-order valence-corrected chi connectivity index (χ3v) is 4.96. The Morgan fingerprint density at radius 1 is 1.28 bits per heavy atom. The molecule has 1 aliphatic heterocycles. The van der Waals surface area contributed by atoms with E-state index in [0.717, 1.165) is 5.52 Å². The highest BCUT2D eigenvalue weighted by Gasteiger charge is 2.22. The van der Waals surface area contributed by atoms with Crippen molar-refractivity contribution >= 4 is 28.4 Å². The molecule has 18 heavy (non-hydrogen) atoms. The lowest BCUT2D eigenvalue weighted by Gasteiger charge is -2.30. The van der Waals surface area contributed by atoms with Crippen molar-refractivity contribution in [2.45, 2.75) is 31.1 Å². The van der Waals surface area contributed by atoms with E-state index in [9.17, 15) is 0 Å². The third-order valence-electron chi connectivity index (χ3n) is 3.58. The van der Waals surface area contributed by atoms with Crippen molar-refractivity contribution in [2.24, 2.45) is 0 Å². The quantitative estimate of drug-likeness (QED) is 0.883. The number of para-hydroxylation sites is 1. The van der Waals surface area contributed by atoms with E-state index in [4.69, 9.17) is 0 Å². The van der Waals surface area contributed by atoms with Gasteiger partial charge in [0, 0.05) is 22.9 Å². The van der Waals surface area contributed by atoms with Crippen LogP contribution in [0.3, 0.4) is 0 Å². The lowest BCUT2D eigenvalue weighted by atomic mass is 10.1. The number of pyridine rings is 1. The topological polar surface area (TPSA) is 24.9 Å². The largest absolute Gasteiger partial charge is 0.379 e. The maximum atomic E-state index is 4.50. The zero-order valence-electron chi connectivity index (χ0n) is 10.6. The average molecular weight is 258 g/mol. The molecular weight excluding hydrogens is 240 g/mol. The molecule has 2 atom stereocenters. The van der Waals surface area contributed by atoms with Crippen LogP contribution in [0.5, 0.6) is 0 Å². The monoisotopic (exact) mass is 258 g/mol. The molecule has 0 bridgehead atoms. The molecule has 0 amide bonds. The number of hydrogen-bond donors (Lipinski definition) is 1. The molecule has 0 saturated carbocycles. The molecule has 2 aromatic rings. The van der Waals surface area contributed by atoms with Gasteiger partial charge in [-0.15, -0.1) is 0 Å². The lowest BCUT2D eigenvalue weighted by molar-refractivity contribution is 0.618. The predicted octanol–water partition coefficient (Wildman–Crippen LogP) is 3.93. The summed E-state index contributed by atoms with van der Waals surface area (Å²) >= 11 is 2.07. The van der Waals surface area contributed by atoms with Gasteiger partial charge < -0.3 is 5.32 Å². The van der Waals surface area contributed by atoms with Crippen LogP contribution in [0.4, 0.5) is 5.69 Å². The molecule has 0 aliphatic carbocycles. The fourth-order valence-electron chi connectivity index (χ4n) is 2.53. The van der Waals surface area contributed by atoms with Gasteiger partial charge in [-0.1, -0.05) is 25.1 Å². The molecule has 94 valence electrons. The van der Waals surface area contributed by atoms with Gasteiger partial charge in [-0.05, 0) is 30.7 Å². The summed E-state index contributed by atoms with van der Waals surface area (Å²) in [6.07, 6.45) is 4.44. The lowest BCUT2D eigenvalue weighted by Crippen LogP contribution is -2.32. The molecule has 3 rings (SSSR count). The van der Waals surface area contributed by atoms with E-state index in [-0.39, 0.29) is 0 Å². The molecule has 1 saturated heterocycles. The van der Waals surface area contributed by atoms with E-state index in [1.807, 2.05) is 12.3 Å². The van der Waals surface area contributed by atoms with Crippen molar-refractivity contribution in [1.82, 2.24) is 4.98 Å². The Bertz CT molecular complexity index is 536. The second-order valence-electron chi connectivity index (χ2n) is 4.85. The van der Waals surface area contributed by atoms with Crippen molar-refractivity contribution in [1.29, 1.82) is 0 Å². The maximum Gasteiger partial charge on any atom is 0.0933 e. The van der Waals surface area contributed by atoms with Crippen LogP contribution in [-0.2, 0) is 0 Å². The normalized spacial score (nSPS) is 24.1. The molecule has 0 spiro atoms. The summed E-state index contributed by atoms with van der Waals surface area (Å²) in [5.41, 5.74) is 2.26. The van der Waals surface area contributed by atoms with Gasteiger partial charge in [0.15, 0.2) is 0 Å². The van der Waals surface area contributed by atoms with E-state index >= 15 is 0 Å². The first-order valence-electron chi connectivity index (χ1n) is 6.56. The van der Waals surface area contributed by atoms with Crippen molar-refractivity contribution < 1.29 is 0 Å². The molecule has 1 N–H and O–H groups in total. The number of hydrogen-bond acceptors (Lipinski definition) is 3. The van der Waals surface area contributed by atoms with Crippen LogP contribution < -0.4 is 5.32 Å². The Hall–Kier alpha value is -1.22. The van der Waals surface area contributed by atoms with Crippen LogP contribution in [0.2, 0.25) is 0 Å². The molecule has 1 fully saturated rings. The van der Waals surface area contributed by atoms with Gasteiger partial charge in [0.25, 0.3) is 0 Å². The van der Waals surface area contributed by atoms with E-state index in [2.05, 4.69) is 53.3 Å². The van der Waals surface area contributed by atoms with Gasteiger partial charge in [0.2, 0.25) is 0 Å². The van der Waals surface area contributed by atoms with Crippen molar-refractivity contribution in [2.75, 3.05) is 11.1 Å². The number of anilines is 1. The van der Waals surface area contributed by atoms with Gasteiger partial charge in [-0.2, -0.15) is 11.8 Å². The van der Waals surface area contributed by atoms with Gasteiger partial charge in [-0.25, -0.2) is 0 Å². The van der Waals surface area contributed by atoms with Crippen LogP contribution in [-0.4, -0.2) is 22.0 Å². The van der Waals surface area contributed by atoms with Crippen molar-refractivity contribution in [3.05, 3.63) is 36.5 Å². The summed E-state index contributed by atoms with van der Waals surface area (Å²) in [6.45, 7) is 2.32. The van der Waals surface area contributed by atoms with Crippen LogP contribution in [0, 0.1) is 0 Å². The fraction of sp³-hybridized carbons (Fsp3) is 0.400. The van der Waals surface area contributed by atoms with E-state index in [0.29, 0.717) is 11.3 Å². The predicted molar refractivity (Wildman–Crippen MR) is 80.3 cm³/mol. The molecule has 2 heterocycles. The SMILES string of the molecule is CC1SCCCC1Nc1cccc2cccnc12. The Morgan fingerprint density at radius 2 is 2.17 bits per heavy atom. The van der Waals surface area contributed by atoms with E-state index in [1.54, 1.807) is 0 Å². The molecule has 3 heteroatoms. The highest BCUT2D eigenvalue weighted by atomic mass is 32.2. The van der Waals surface area contributed by atoms with Crippen LogP contribution in [0.15, 0.2) is 36.5 Å². The molecular formula is C15H18N2S. The Balaban J connectivity index is 1.90. The molecule has 0 radical (unpaired) electrons. The van der Waals surface area contributed by atoms with Gasteiger partial charge >= 0.3 is 0 Å². The second kappa shape index (κ2) is 5.19. The van der Waals surface area contributed by atoms with E-state index < -0.39 is 0 Å². The molecule has 2 unspecified atom stereocenters. The summed E-state index contributed by atoms with van der Waals surface area (Å²) in [5, 5.41) is 5.58. The van der Waals surface area contributed by atoms with Gasteiger partial charge in [0.1, 0.15) is 0 Å². The Kier molecular flexibility index (Phi) is 3.41. The molecule has 2 nitrogen and oxygen atoms in total. The van der Waals surface area contributed by atoms with Crippen molar-refractivity contribution in [3.8, 4) is 0 Å². The molecule has 1 aliphatic rings. The van der Waals surface area contributed by atoms with Gasteiger partial charge in [-0.3, -0.25) is 4.98 Å². The smallest absolute Gasteiger partial charge is 0.0933 e. The van der Waals surface area contributed by atoms with Crippen LogP contribution in [0.25, 0.3) is 10.9 Å². The first-order valence-corrected chi connectivity index (χ1v) is 7.61. The maximum absolute atomic E-state index is 4.50. The minimum Gasteiger partial charge on any atom is -0.379 e. The first-order chi connectivity index (χ1) is 8.84. The number of benzene rings is 1.